The third-order valence-corrected chi connectivity index (χ3v) is 19.5. The summed E-state index contributed by atoms with van der Waals surface area (Å²) in [5.41, 5.74) is 0. The first kappa shape index (κ1) is 24.8. The molecule has 14 heteroatoms. The van der Waals surface area contributed by atoms with E-state index in [1.54, 1.807) is 23.6 Å². The van der Waals surface area contributed by atoms with Gasteiger partial charge in [-0.3, -0.25) is 8.41 Å². The Kier molecular flexibility index (Phi) is 6.36. The van der Waals surface area contributed by atoms with Gasteiger partial charge in [0, 0.05) is 0 Å². The molecule has 0 aliphatic carbocycles. The molecule has 1 heterocycles. The molecule has 0 fully saturated rings. The molecule has 0 bridgehead atoms. The van der Waals surface area contributed by atoms with Crippen LogP contribution in [0.4, 0.5) is 26.3 Å². The largest absolute Gasteiger partial charge is 0.453 e. The SMILES string of the molecule is C[Si](C)(C)N=P1(N([Si](C)(C)C)[Si](C)(C)C)OC(C(F)(F)F)=C(C(F)(F)F)O1. The molecule has 0 aromatic rings. The average Bonchev–Trinajstić information content (AvgIpc) is 2.60. The molecule has 1 rings (SSSR count). The third kappa shape index (κ3) is 5.87. The number of rotatable bonds is 4. The van der Waals surface area contributed by atoms with Gasteiger partial charge in [0.1, 0.15) is 16.5 Å². The normalized spacial score (nSPS) is 19.3. The van der Waals surface area contributed by atoms with Crippen molar-refractivity contribution in [3.05, 3.63) is 11.5 Å². The molecule has 0 atom stereocenters. The van der Waals surface area contributed by atoms with Gasteiger partial charge in [0.05, 0.1) is 0 Å². The Morgan fingerprint density at radius 2 is 1.00 bits per heavy atom. The summed E-state index contributed by atoms with van der Waals surface area (Å²) < 4.78 is 96.8. The Bertz CT molecular complexity index is 628. The molecule has 0 amide bonds. The maximum absolute atomic E-state index is 13.4. The van der Waals surface area contributed by atoms with E-state index in [4.69, 9.17) is 9.05 Å². The van der Waals surface area contributed by atoms with Gasteiger partial charge in [-0.2, -0.15) is 26.3 Å². The van der Waals surface area contributed by atoms with Crippen LogP contribution < -0.4 is 0 Å². The number of halogens is 6. The van der Waals surface area contributed by atoms with Gasteiger partial charge in [-0.1, -0.05) is 39.3 Å². The first-order valence-corrected chi connectivity index (χ1v) is 20.1. The van der Waals surface area contributed by atoms with Gasteiger partial charge in [-0.25, -0.2) is 0 Å². The van der Waals surface area contributed by atoms with Crippen LogP contribution in [0.25, 0.3) is 0 Å². The van der Waals surface area contributed by atoms with Gasteiger partial charge < -0.3 is 9.05 Å². The second-order valence-corrected chi connectivity index (χ2v) is 26.9. The molecule has 1 aliphatic heterocycles. The highest BCUT2D eigenvalue weighted by atomic mass is 31.2. The van der Waals surface area contributed by atoms with E-state index in [-0.39, 0.29) is 0 Å². The van der Waals surface area contributed by atoms with Crippen molar-refractivity contribution in [3.8, 4) is 0 Å². The second kappa shape index (κ2) is 6.92. The Labute approximate surface area is 159 Å². The zero-order chi connectivity index (χ0) is 21.9. The highest BCUT2D eigenvalue weighted by Crippen LogP contribution is 2.70. The lowest BCUT2D eigenvalue weighted by Crippen LogP contribution is -2.57. The minimum atomic E-state index is -5.33. The first-order valence-electron chi connectivity index (χ1n) is 8.23. The minimum Gasteiger partial charge on any atom is -0.411 e. The quantitative estimate of drug-likeness (QED) is 0.248. The Hall–Kier alpha value is -0.239. The Morgan fingerprint density at radius 1 is 0.704 bits per heavy atom. The molecule has 0 saturated heterocycles. The van der Waals surface area contributed by atoms with Crippen LogP contribution in [-0.4, -0.2) is 41.1 Å². The lowest BCUT2D eigenvalue weighted by Gasteiger charge is -2.47. The van der Waals surface area contributed by atoms with Crippen LogP contribution in [0.5, 0.6) is 0 Å². The van der Waals surface area contributed by atoms with Crippen molar-refractivity contribution in [1.29, 1.82) is 0 Å². The standard InChI is InChI=1S/C13H27F6N2O2PSi3/c1-25(2,3)20-24(21(26(4,5)6)27(7,8)9)22-10(12(14,15)16)11(23-24)13(17,18)19/h1-9H3. The molecule has 0 spiro atoms. The summed E-state index contributed by atoms with van der Waals surface area (Å²) in [5, 5.41) is 0. The van der Waals surface area contributed by atoms with Crippen LogP contribution in [0.15, 0.2) is 15.9 Å². The zero-order valence-electron chi connectivity index (χ0n) is 16.9. The van der Waals surface area contributed by atoms with Gasteiger partial charge in [-0.15, -0.1) is 0 Å². The smallest absolute Gasteiger partial charge is 0.411 e. The lowest BCUT2D eigenvalue weighted by atomic mass is 10.4. The van der Waals surface area contributed by atoms with Crippen LogP contribution in [0, 0.1) is 0 Å². The van der Waals surface area contributed by atoms with E-state index in [2.05, 4.69) is 4.41 Å². The summed E-state index contributed by atoms with van der Waals surface area (Å²) in [6.07, 6.45) is -10.7. The van der Waals surface area contributed by atoms with Crippen molar-refractivity contribution in [3.63, 3.8) is 0 Å². The fourth-order valence-corrected chi connectivity index (χ4v) is 23.2. The summed E-state index contributed by atoms with van der Waals surface area (Å²) in [7, 11) is -11.5. The number of allylic oxidation sites excluding steroid dienone is 2. The van der Waals surface area contributed by atoms with Crippen molar-refractivity contribution < 1.29 is 35.4 Å². The van der Waals surface area contributed by atoms with E-state index in [0.717, 1.165) is 0 Å². The second-order valence-electron chi connectivity index (χ2n) is 9.25. The molecule has 4 nitrogen and oxygen atoms in total. The molecule has 0 saturated carbocycles. The Balaban J connectivity index is 3.87. The molecular weight excluding hydrogens is 445 g/mol. The van der Waals surface area contributed by atoms with Crippen molar-refractivity contribution in [1.82, 2.24) is 4.00 Å². The predicted molar refractivity (Wildman–Crippen MR) is 103 cm³/mol. The third-order valence-electron chi connectivity index (χ3n) is 3.09. The van der Waals surface area contributed by atoms with E-state index in [1.165, 1.54) is 0 Å². The molecule has 0 unspecified atom stereocenters. The number of hydrogen-bond acceptors (Lipinski definition) is 3. The zero-order valence-corrected chi connectivity index (χ0v) is 20.8. The predicted octanol–water partition coefficient (Wildman–Crippen LogP) is 7.12. The van der Waals surface area contributed by atoms with E-state index < -0.39 is 56.2 Å². The number of hydrogen-bond donors (Lipinski definition) is 0. The average molecular weight is 473 g/mol. The van der Waals surface area contributed by atoms with E-state index in [0.29, 0.717) is 0 Å². The highest BCUT2D eigenvalue weighted by Gasteiger charge is 2.62. The van der Waals surface area contributed by atoms with Crippen LogP contribution in [0.3, 0.4) is 0 Å². The highest BCUT2D eigenvalue weighted by molar-refractivity contribution is 7.60. The fourth-order valence-electron chi connectivity index (χ4n) is 3.01. The summed E-state index contributed by atoms with van der Waals surface area (Å²) >= 11 is 0. The maximum atomic E-state index is 13.4. The number of alkyl halides is 6. The van der Waals surface area contributed by atoms with E-state index in [1.807, 2.05) is 39.3 Å². The topological polar surface area (TPSA) is 34.1 Å². The van der Waals surface area contributed by atoms with Crippen molar-refractivity contribution in [2.24, 2.45) is 4.41 Å². The summed E-state index contributed by atoms with van der Waals surface area (Å²) in [5.74, 6) is -4.24. The fraction of sp³-hybridized carbons (Fsp3) is 0.846. The summed E-state index contributed by atoms with van der Waals surface area (Å²) in [6, 6.07) is 0. The lowest BCUT2D eigenvalue weighted by molar-refractivity contribution is -0.140. The van der Waals surface area contributed by atoms with Gasteiger partial charge in [-0.05, 0) is 19.6 Å². The van der Waals surface area contributed by atoms with Crippen LogP contribution in [0.2, 0.25) is 58.9 Å². The van der Waals surface area contributed by atoms with Gasteiger partial charge in [0.25, 0.3) is 11.5 Å². The summed E-state index contributed by atoms with van der Waals surface area (Å²) in [6.45, 7) is 16.3. The van der Waals surface area contributed by atoms with E-state index >= 15 is 0 Å². The van der Waals surface area contributed by atoms with Crippen molar-refractivity contribution in [2.45, 2.75) is 71.3 Å². The molecule has 0 aromatic heterocycles. The van der Waals surface area contributed by atoms with Gasteiger partial charge in [0.15, 0.2) is 8.24 Å². The summed E-state index contributed by atoms with van der Waals surface area (Å²) in [4.78, 5) is 0. The maximum Gasteiger partial charge on any atom is 0.453 e. The molecule has 0 N–H and O–H groups in total. The molecule has 0 aromatic carbocycles. The monoisotopic (exact) mass is 472 g/mol. The minimum absolute atomic E-state index is 1.69. The van der Waals surface area contributed by atoms with Crippen LogP contribution in [0.1, 0.15) is 0 Å². The van der Waals surface area contributed by atoms with Gasteiger partial charge in [0.2, 0.25) is 0 Å². The van der Waals surface area contributed by atoms with Crippen LogP contribution >= 0.6 is 7.66 Å². The first-order chi connectivity index (χ1) is 11.5. The van der Waals surface area contributed by atoms with Gasteiger partial charge >= 0.3 is 20.0 Å². The molecule has 27 heavy (non-hydrogen) atoms. The molecule has 1 aliphatic rings. The molecule has 0 radical (unpaired) electrons. The van der Waals surface area contributed by atoms with Crippen LogP contribution in [-0.2, 0) is 9.05 Å². The van der Waals surface area contributed by atoms with E-state index in [9.17, 15) is 26.3 Å². The molecular formula is C13H27F6N2O2PSi3. The van der Waals surface area contributed by atoms with Crippen molar-refractivity contribution >= 4 is 32.4 Å². The van der Waals surface area contributed by atoms with Crippen molar-refractivity contribution in [2.75, 3.05) is 0 Å². The molecule has 160 valence electrons. The number of nitrogens with zero attached hydrogens (tertiary/aromatic N) is 2. The Morgan fingerprint density at radius 3 is 1.19 bits per heavy atom.